The fourth-order valence-electron chi connectivity index (χ4n) is 2.63. The smallest absolute Gasteiger partial charge is 0.259 e. The lowest BCUT2D eigenvalue weighted by atomic mass is 10.1. The van der Waals surface area contributed by atoms with Crippen LogP contribution < -0.4 is 24.3 Å². The van der Waals surface area contributed by atoms with Crippen molar-refractivity contribution in [3.63, 3.8) is 0 Å². The normalized spacial score (nSPS) is 10.3. The van der Waals surface area contributed by atoms with Gasteiger partial charge in [0.15, 0.2) is 29.6 Å². The number of benzene rings is 2. The van der Waals surface area contributed by atoms with E-state index in [2.05, 4.69) is 21.2 Å². The Morgan fingerprint density at radius 3 is 2.32 bits per heavy atom. The number of nitrogens with one attached hydrogen (secondary N) is 1. The highest BCUT2D eigenvalue weighted by Gasteiger charge is 2.16. The topological polar surface area (TPSA) is 86.3 Å². The summed E-state index contributed by atoms with van der Waals surface area (Å²) in [5.74, 6) is 1.52. The minimum atomic E-state index is -0.266. The van der Waals surface area contributed by atoms with Crippen molar-refractivity contribution in [1.29, 1.82) is 0 Å². The Kier molecular flexibility index (Phi) is 8.99. The first-order valence-corrected chi connectivity index (χ1v) is 10.4. The second-order valence-electron chi connectivity index (χ2n) is 6.67. The van der Waals surface area contributed by atoms with Crippen molar-refractivity contribution < 1.29 is 28.5 Å². The van der Waals surface area contributed by atoms with Gasteiger partial charge in [-0.3, -0.25) is 9.59 Å². The highest BCUT2D eigenvalue weighted by molar-refractivity contribution is 9.10. The molecular formula is C22H27BrN2O6. The van der Waals surface area contributed by atoms with E-state index in [9.17, 15) is 9.59 Å². The summed E-state index contributed by atoms with van der Waals surface area (Å²) in [5.41, 5.74) is 1.25. The molecule has 0 aliphatic carbocycles. The average Bonchev–Trinajstić information content (AvgIpc) is 2.76. The van der Waals surface area contributed by atoms with Crippen LogP contribution in [0.15, 0.2) is 34.8 Å². The van der Waals surface area contributed by atoms with Crippen molar-refractivity contribution in [2.75, 3.05) is 41.5 Å². The molecule has 2 rings (SSSR count). The van der Waals surface area contributed by atoms with E-state index < -0.39 is 0 Å². The molecular weight excluding hydrogens is 468 g/mol. The number of likely N-dealkylation sites (N-methyl/N-ethyl adjacent to an activating group) is 1. The third kappa shape index (κ3) is 6.52. The number of nitrogens with zero attached hydrogens (tertiary/aromatic N) is 1. The lowest BCUT2D eigenvalue weighted by Gasteiger charge is -2.15. The molecule has 0 bridgehead atoms. The molecule has 2 aromatic carbocycles. The highest BCUT2D eigenvalue weighted by Crippen LogP contribution is 2.36. The second kappa shape index (κ2) is 11.5. The van der Waals surface area contributed by atoms with Crippen molar-refractivity contribution in [3.8, 4) is 23.0 Å². The molecule has 0 radical (unpaired) electrons. The lowest BCUT2D eigenvalue weighted by molar-refractivity contribution is -0.130. The summed E-state index contributed by atoms with van der Waals surface area (Å²) in [6.45, 7) is 2.54. The van der Waals surface area contributed by atoms with Crippen LogP contribution >= 0.6 is 15.9 Å². The molecule has 0 aliphatic heterocycles. The SMILES string of the molecule is CCOc1c(Br)cc(C(=O)NCc2ccc(OCC(=O)N(C)C)c(OC)c2)cc1OC. The minimum Gasteiger partial charge on any atom is -0.493 e. The molecule has 2 aromatic rings. The van der Waals surface area contributed by atoms with Crippen LogP contribution in [0.1, 0.15) is 22.8 Å². The molecule has 8 nitrogen and oxygen atoms in total. The number of hydrogen-bond acceptors (Lipinski definition) is 6. The average molecular weight is 495 g/mol. The number of carbonyl (C=O) groups excluding carboxylic acids is 2. The summed E-state index contributed by atoms with van der Waals surface area (Å²) in [6.07, 6.45) is 0. The largest absolute Gasteiger partial charge is 0.493 e. The van der Waals surface area contributed by atoms with Gasteiger partial charge < -0.3 is 29.2 Å². The molecule has 31 heavy (non-hydrogen) atoms. The van der Waals surface area contributed by atoms with Crippen LogP contribution in [0.2, 0.25) is 0 Å². The molecule has 0 saturated heterocycles. The van der Waals surface area contributed by atoms with Gasteiger partial charge in [-0.1, -0.05) is 6.07 Å². The maximum absolute atomic E-state index is 12.6. The van der Waals surface area contributed by atoms with Gasteiger partial charge in [-0.15, -0.1) is 0 Å². The molecule has 2 amide bonds. The molecule has 9 heteroatoms. The predicted octanol–water partition coefficient (Wildman–Crippen LogP) is 3.26. The van der Waals surface area contributed by atoms with Crippen LogP contribution in [-0.4, -0.2) is 58.2 Å². The predicted molar refractivity (Wildman–Crippen MR) is 120 cm³/mol. The van der Waals surface area contributed by atoms with Crippen molar-refractivity contribution in [2.24, 2.45) is 0 Å². The maximum Gasteiger partial charge on any atom is 0.259 e. The van der Waals surface area contributed by atoms with Crippen molar-refractivity contribution in [3.05, 3.63) is 45.9 Å². The number of methoxy groups -OCH3 is 2. The molecule has 0 unspecified atom stereocenters. The van der Waals surface area contributed by atoms with Crippen LogP contribution in [0, 0.1) is 0 Å². The van der Waals surface area contributed by atoms with E-state index in [0.29, 0.717) is 39.6 Å². The van der Waals surface area contributed by atoms with E-state index in [1.165, 1.54) is 19.1 Å². The van der Waals surface area contributed by atoms with Gasteiger partial charge in [0, 0.05) is 26.2 Å². The molecule has 1 N–H and O–H groups in total. The quantitative estimate of drug-likeness (QED) is 0.545. The standard InChI is InChI=1S/C22H27BrN2O6/c1-6-30-21-16(23)10-15(11-19(21)29-5)22(27)24-12-14-7-8-17(18(9-14)28-4)31-13-20(26)25(2)3/h7-11H,6,12-13H2,1-5H3,(H,24,27). The summed E-state index contributed by atoms with van der Waals surface area (Å²) < 4.78 is 22.4. The van der Waals surface area contributed by atoms with Gasteiger partial charge in [0.2, 0.25) is 0 Å². The number of rotatable bonds is 10. The zero-order valence-corrected chi connectivity index (χ0v) is 19.9. The fourth-order valence-corrected chi connectivity index (χ4v) is 3.19. The summed E-state index contributed by atoms with van der Waals surface area (Å²) in [4.78, 5) is 25.8. The number of halogens is 1. The Morgan fingerprint density at radius 2 is 1.71 bits per heavy atom. The fraction of sp³-hybridized carbons (Fsp3) is 0.364. The number of hydrogen-bond donors (Lipinski definition) is 1. The van der Waals surface area contributed by atoms with Crippen molar-refractivity contribution >= 4 is 27.7 Å². The van der Waals surface area contributed by atoms with Gasteiger partial charge in [-0.2, -0.15) is 0 Å². The van der Waals surface area contributed by atoms with Crippen LogP contribution in [-0.2, 0) is 11.3 Å². The van der Waals surface area contributed by atoms with E-state index in [-0.39, 0.29) is 25.0 Å². The Morgan fingerprint density at radius 1 is 1.00 bits per heavy atom. The zero-order chi connectivity index (χ0) is 23.0. The molecule has 0 aromatic heterocycles. The Labute approximate surface area is 190 Å². The number of ether oxygens (including phenoxy) is 4. The van der Waals surface area contributed by atoms with Crippen LogP contribution in [0.4, 0.5) is 0 Å². The van der Waals surface area contributed by atoms with Crippen molar-refractivity contribution in [2.45, 2.75) is 13.5 Å². The molecule has 0 fully saturated rings. The number of amides is 2. The molecule has 0 aliphatic rings. The number of carbonyl (C=O) groups is 2. The minimum absolute atomic E-state index is 0.0894. The van der Waals surface area contributed by atoms with Gasteiger partial charge >= 0.3 is 0 Å². The Bertz CT molecular complexity index is 932. The van der Waals surface area contributed by atoms with Crippen molar-refractivity contribution in [1.82, 2.24) is 10.2 Å². The van der Waals surface area contributed by atoms with E-state index in [1.54, 1.807) is 44.4 Å². The van der Waals surface area contributed by atoms with E-state index in [4.69, 9.17) is 18.9 Å². The second-order valence-corrected chi connectivity index (χ2v) is 7.52. The summed E-state index contributed by atoms with van der Waals surface area (Å²) in [5, 5.41) is 2.87. The third-order valence-corrected chi connectivity index (χ3v) is 4.90. The first-order chi connectivity index (χ1) is 14.8. The van der Waals surface area contributed by atoms with Crippen LogP contribution in [0.5, 0.6) is 23.0 Å². The molecule has 168 valence electrons. The van der Waals surface area contributed by atoms with Gasteiger partial charge in [0.05, 0.1) is 25.3 Å². The molecule has 0 heterocycles. The van der Waals surface area contributed by atoms with E-state index in [0.717, 1.165) is 5.56 Å². The zero-order valence-electron chi connectivity index (χ0n) is 18.3. The monoisotopic (exact) mass is 494 g/mol. The summed E-state index contributed by atoms with van der Waals surface area (Å²) in [6, 6.07) is 8.57. The van der Waals surface area contributed by atoms with Crippen LogP contribution in [0.25, 0.3) is 0 Å². The van der Waals surface area contributed by atoms with Gasteiger partial charge in [0.1, 0.15) is 0 Å². The maximum atomic E-state index is 12.6. The molecule has 0 saturated carbocycles. The Hall–Kier alpha value is -2.94. The van der Waals surface area contributed by atoms with Crippen LogP contribution in [0.3, 0.4) is 0 Å². The van der Waals surface area contributed by atoms with Gasteiger partial charge in [-0.05, 0) is 52.7 Å². The first-order valence-electron chi connectivity index (χ1n) is 9.59. The summed E-state index contributed by atoms with van der Waals surface area (Å²) in [7, 11) is 6.36. The third-order valence-electron chi connectivity index (χ3n) is 4.31. The summed E-state index contributed by atoms with van der Waals surface area (Å²) >= 11 is 3.42. The van der Waals surface area contributed by atoms with Gasteiger partial charge in [0.25, 0.3) is 11.8 Å². The van der Waals surface area contributed by atoms with E-state index in [1.807, 2.05) is 6.92 Å². The molecule has 0 spiro atoms. The van der Waals surface area contributed by atoms with E-state index >= 15 is 0 Å². The highest BCUT2D eigenvalue weighted by atomic mass is 79.9. The van der Waals surface area contributed by atoms with Gasteiger partial charge in [-0.25, -0.2) is 0 Å². The Balaban J connectivity index is 2.08. The first kappa shape index (κ1) is 24.3. The molecule has 0 atom stereocenters. The lowest BCUT2D eigenvalue weighted by Crippen LogP contribution is -2.27.